The number of rotatable bonds is 8. The van der Waals surface area contributed by atoms with Crippen LogP contribution in [0.3, 0.4) is 0 Å². The van der Waals surface area contributed by atoms with Crippen LogP contribution in [0.2, 0.25) is 0 Å². The van der Waals surface area contributed by atoms with Gasteiger partial charge in [-0.25, -0.2) is 0 Å². The fourth-order valence-corrected chi connectivity index (χ4v) is 6.00. The van der Waals surface area contributed by atoms with Crippen molar-refractivity contribution in [1.29, 1.82) is 0 Å². The first-order valence-electron chi connectivity index (χ1n) is 14.4. The molecule has 0 spiro atoms. The number of nitrogens with zero attached hydrogens (tertiary/aromatic N) is 1. The van der Waals surface area contributed by atoms with Gasteiger partial charge in [-0.1, -0.05) is 89.4 Å². The summed E-state index contributed by atoms with van der Waals surface area (Å²) in [6, 6.07) is 25.0. The van der Waals surface area contributed by atoms with Crippen molar-refractivity contribution >= 4 is 48.1 Å². The number of fused-ring (bicyclic) bond motifs is 4. The van der Waals surface area contributed by atoms with Crippen molar-refractivity contribution in [1.82, 2.24) is 4.98 Å². The summed E-state index contributed by atoms with van der Waals surface area (Å²) < 4.78 is 2.66. The molecule has 2 aromatic heterocycles. The number of benzene rings is 3. The molecule has 2 heterocycles. The van der Waals surface area contributed by atoms with E-state index in [-0.39, 0.29) is 43.5 Å². The smallest absolute Gasteiger partial charge is 0.161 e. The minimum Gasteiger partial charge on any atom is -0.512 e. The Balaban J connectivity index is 0.000000284. The molecule has 2 atom stereocenters. The molecule has 3 nitrogen and oxygen atoms in total. The summed E-state index contributed by atoms with van der Waals surface area (Å²) >= 11 is 1.87. The number of carbonyl (C=O) groups is 1. The Hall–Kier alpha value is -2.85. The third kappa shape index (κ3) is 7.71. The zero-order valence-electron chi connectivity index (χ0n) is 24.8. The van der Waals surface area contributed by atoms with Crippen LogP contribution in [-0.2, 0) is 31.3 Å². The van der Waals surface area contributed by atoms with Crippen LogP contribution in [0.4, 0.5) is 0 Å². The molecule has 0 aliphatic carbocycles. The van der Waals surface area contributed by atoms with E-state index in [9.17, 15) is 9.90 Å². The maximum absolute atomic E-state index is 11.4. The van der Waals surface area contributed by atoms with Crippen LogP contribution in [0.5, 0.6) is 0 Å². The van der Waals surface area contributed by atoms with Gasteiger partial charge in [0.1, 0.15) is 0 Å². The van der Waals surface area contributed by atoms with Crippen molar-refractivity contribution < 1.29 is 30.0 Å². The molecular formula is C36H40IrNO2S-. The number of allylic oxidation sites excluding steroid dienone is 2. The van der Waals surface area contributed by atoms with Crippen molar-refractivity contribution in [3.05, 3.63) is 90.3 Å². The van der Waals surface area contributed by atoms with E-state index in [0.29, 0.717) is 5.92 Å². The van der Waals surface area contributed by atoms with Gasteiger partial charge in [-0.15, -0.1) is 40.5 Å². The summed E-state index contributed by atoms with van der Waals surface area (Å²) in [5.41, 5.74) is 3.54. The average molecular weight is 743 g/mol. The SMILES string of the molecule is CC(C)Cc1cccc2c1sc1c(-c3[c-]cc4ccccc4c3)nccc12.CCC(C)C(=O)/C=C(\O)C(C)CC.[Ir]. The fraction of sp³-hybridized carbons (Fsp3) is 0.333. The van der Waals surface area contributed by atoms with Gasteiger partial charge in [-0.05, 0) is 47.6 Å². The molecule has 5 aromatic rings. The van der Waals surface area contributed by atoms with Crippen LogP contribution in [0.1, 0.15) is 59.9 Å². The molecule has 0 saturated heterocycles. The van der Waals surface area contributed by atoms with Gasteiger partial charge in [0.2, 0.25) is 0 Å². The predicted molar refractivity (Wildman–Crippen MR) is 172 cm³/mol. The quantitative estimate of drug-likeness (QED) is 0.0979. The number of aliphatic hydroxyl groups excluding tert-OH is 1. The fourth-order valence-electron chi connectivity index (χ4n) is 4.68. The monoisotopic (exact) mass is 743 g/mol. The number of hydrogen-bond acceptors (Lipinski definition) is 4. The van der Waals surface area contributed by atoms with Gasteiger partial charge >= 0.3 is 0 Å². The molecule has 0 fully saturated rings. The topological polar surface area (TPSA) is 50.2 Å². The minimum atomic E-state index is 0. The number of thiophene rings is 1. The first-order valence-corrected chi connectivity index (χ1v) is 15.2. The molecular weight excluding hydrogens is 703 g/mol. The van der Waals surface area contributed by atoms with Crippen LogP contribution < -0.4 is 0 Å². The van der Waals surface area contributed by atoms with E-state index in [1.54, 1.807) is 0 Å². The predicted octanol–water partition coefficient (Wildman–Crippen LogP) is 10.4. The molecule has 0 saturated carbocycles. The molecule has 1 N–H and O–H groups in total. The van der Waals surface area contributed by atoms with E-state index in [1.165, 1.54) is 42.6 Å². The maximum atomic E-state index is 11.4. The van der Waals surface area contributed by atoms with Crippen LogP contribution >= 0.6 is 11.3 Å². The zero-order valence-corrected chi connectivity index (χ0v) is 28.0. The van der Waals surface area contributed by atoms with Crippen molar-refractivity contribution in [3.8, 4) is 11.3 Å². The maximum Gasteiger partial charge on any atom is 0.161 e. The number of aromatic nitrogens is 1. The van der Waals surface area contributed by atoms with Gasteiger partial charge in [0.05, 0.1) is 5.76 Å². The Morgan fingerprint density at radius 3 is 2.29 bits per heavy atom. The second-order valence-corrected chi connectivity index (χ2v) is 12.1. The van der Waals surface area contributed by atoms with E-state index < -0.39 is 0 Å². The third-order valence-corrected chi connectivity index (χ3v) is 8.87. The average Bonchev–Trinajstić information content (AvgIpc) is 3.36. The van der Waals surface area contributed by atoms with Crippen molar-refractivity contribution in [2.75, 3.05) is 0 Å². The molecule has 41 heavy (non-hydrogen) atoms. The van der Waals surface area contributed by atoms with Crippen LogP contribution in [0.15, 0.2) is 78.7 Å². The van der Waals surface area contributed by atoms with Crippen LogP contribution in [-0.4, -0.2) is 15.9 Å². The van der Waals surface area contributed by atoms with Crippen molar-refractivity contribution in [2.24, 2.45) is 17.8 Å². The van der Waals surface area contributed by atoms with Crippen molar-refractivity contribution in [3.63, 3.8) is 0 Å². The molecule has 5 rings (SSSR count). The van der Waals surface area contributed by atoms with E-state index in [0.717, 1.165) is 30.5 Å². The van der Waals surface area contributed by atoms with E-state index in [2.05, 4.69) is 80.6 Å². The summed E-state index contributed by atoms with van der Waals surface area (Å²) in [5.74, 6) is 1.000. The van der Waals surface area contributed by atoms with Gasteiger partial charge in [0.15, 0.2) is 5.78 Å². The Bertz CT molecular complexity index is 1650. The Morgan fingerprint density at radius 1 is 0.927 bits per heavy atom. The molecule has 0 aliphatic rings. The summed E-state index contributed by atoms with van der Waals surface area (Å²) in [5, 5.41) is 14.6. The molecule has 0 aliphatic heterocycles. The van der Waals surface area contributed by atoms with E-state index >= 15 is 0 Å². The first kappa shape index (κ1) is 32.7. The van der Waals surface area contributed by atoms with Crippen LogP contribution in [0, 0.1) is 23.8 Å². The summed E-state index contributed by atoms with van der Waals surface area (Å²) in [7, 11) is 0. The molecule has 217 valence electrons. The van der Waals surface area contributed by atoms with Gasteiger partial charge in [-0.2, -0.15) is 0 Å². The molecule has 5 heteroatoms. The van der Waals surface area contributed by atoms with Gasteiger partial charge < -0.3 is 10.1 Å². The van der Waals surface area contributed by atoms with Crippen molar-refractivity contribution in [2.45, 2.75) is 60.8 Å². The molecule has 2 unspecified atom stereocenters. The van der Waals surface area contributed by atoms with Gasteiger partial charge in [0, 0.05) is 59.3 Å². The molecule has 1 radical (unpaired) electrons. The number of hydrogen-bond donors (Lipinski definition) is 1. The zero-order chi connectivity index (χ0) is 28.8. The molecule has 3 aromatic carbocycles. The number of pyridine rings is 1. The Kier molecular flexibility index (Phi) is 11.8. The van der Waals surface area contributed by atoms with E-state index in [1.807, 2.05) is 45.2 Å². The second-order valence-electron chi connectivity index (χ2n) is 11.1. The molecule has 0 bridgehead atoms. The third-order valence-electron chi connectivity index (χ3n) is 7.56. The number of aliphatic hydroxyl groups is 1. The normalized spacial score (nSPS) is 13.1. The minimum absolute atomic E-state index is 0. The number of carbonyl (C=O) groups excluding carboxylic acids is 1. The number of ketones is 1. The van der Waals surface area contributed by atoms with Gasteiger partial charge in [0.25, 0.3) is 0 Å². The summed E-state index contributed by atoms with van der Waals surface area (Å²) in [4.78, 5) is 16.1. The second kappa shape index (κ2) is 14.9. The Morgan fingerprint density at radius 2 is 1.61 bits per heavy atom. The summed E-state index contributed by atoms with van der Waals surface area (Å²) in [6.07, 6.45) is 6.10. The summed E-state index contributed by atoms with van der Waals surface area (Å²) in [6.45, 7) is 12.3. The van der Waals surface area contributed by atoms with Crippen LogP contribution in [0.25, 0.3) is 42.2 Å². The largest absolute Gasteiger partial charge is 0.512 e. The standard InChI is InChI=1S/C25H20NS.C11H20O2.Ir/c1-16(2)14-20-8-5-9-21-22-12-13-26-23(25(22)27-24(20)21)19-11-10-17-6-3-4-7-18(17)15-19;1-5-8(3)10(12)7-11(13)9(4)6-2;/h3-10,12-13,15-16H,14H2,1-2H3;7-9,12H,5-6H2,1-4H3;/q-1;;/b;10-7-;. The van der Waals surface area contributed by atoms with E-state index in [4.69, 9.17) is 4.98 Å². The molecule has 0 amide bonds. The first-order chi connectivity index (χ1) is 19.2. The van der Waals surface area contributed by atoms with Gasteiger partial charge in [-0.3, -0.25) is 4.79 Å². The Labute approximate surface area is 262 Å².